The molecule has 0 unspecified atom stereocenters. The first kappa shape index (κ1) is 17.6. The van der Waals surface area contributed by atoms with Crippen LogP contribution in [0.15, 0.2) is 64.2 Å². The van der Waals surface area contributed by atoms with Crippen molar-refractivity contribution in [2.45, 2.75) is 13.5 Å². The minimum atomic E-state index is -0.308. The molecule has 0 bridgehead atoms. The van der Waals surface area contributed by atoms with Gasteiger partial charge in [-0.1, -0.05) is 17.3 Å². The van der Waals surface area contributed by atoms with Gasteiger partial charge in [-0.25, -0.2) is 4.98 Å². The number of hydrogen-bond acceptors (Lipinski definition) is 6. The average Bonchev–Trinajstić information content (AvgIpc) is 3.22. The zero-order valence-corrected chi connectivity index (χ0v) is 15.1. The van der Waals surface area contributed by atoms with Crippen molar-refractivity contribution in [3.05, 3.63) is 76.7 Å². The van der Waals surface area contributed by atoms with E-state index in [-0.39, 0.29) is 23.7 Å². The largest absolute Gasteiger partial charge is 0.355 e. The molecular weight excluding hydrogens is 358 g/mol. The molecule has 3 heterocycles. The number of H-pyrrole nitrogens is 1. The van der Waals surface area contributed by atoms with Crippen LogP contribution in [0.3, 0.4) is 0 Å². The van der Waals surface area contributed by atoms with Crippen LogP contribution < -0.4 is 5.56 Å². The Bertz CT molecular complexity index is 1180. The highest BCUT2D eigenvalue weighted by Gasteiger charge is 2.20. The van der Waals surface area contributed by atoms with Gasteiger partial charge in [0.15, 0.2) is 11.5 Å². The molecular formula is C20H17N5O3. The standard InChI is InChI=1S/C20H17N5O3/c1-2-25(12-18-22-15-8-4-3-7-14(15)19(26)23-18)20(27)16-10-17(28-24-16)13-6-5-9-21-11-13/h3-11H,2,12H2,1H3,(H,22,23,26). The maximum atomic E-state index is 12.8. The Balaban J connectivity index is 1.58. The van der Waals surface area contributed by atoms with E-state index in [1.807, 2.05) is 19.1 Å². The van der Waals surface area contributed by atoms with Gasteiger partial charge >= 0.3 is 0 Å². The lowest BCUT2D eigenvalue weighted by Gasteiger charge is -2.18. The number of nitrogens with one attached hydrogen (secondary N) is 1. The van der Waals surface area contributed by atoms with Gasteiger partial charge in [-0.2, -0.15) is 0 Å². The monoisotopic (exact) mass is 375 g/mol. The second kappa shape index (κ2) is 7.43. The first-order valence-corrected chi connectivity index (χ1v) is 8.80. The Morgan fingerprint density at radius 3 is 2.86 bits per heavy atom. The number of pyridine rings is 1. The maximum absolute atomic E-state index is 12.8. The van der Waals surface area contributed by atoms with Gasteiger partial charge in [-0.05, 0) is 31.2 Å². The topological polar surface area (TPSA) is 105 Å². The number of benzene rings is 1. The highest BCUT2D eigenvalue weighted by molar-refractivity contribution is 5.93. The summed E-state index contributed by atoms with van der Waals surface area (Å²) in [5.41, 5.74) is 1.27. The summed E-state index contributed by atoms with van der Waals surface area (Å²) in [5, 5.41) is 4.40. The summed E-state index contributed by atoms with van der Waals surface area (Å²) in [6.45, 7) is 2.42. The zero-order valence-electron chi connectivity index (χ0n) is 15.1. The van der Waals surface area contributed by atoms with E-state index in [0.29, 0.717) is 29.0 Å². The van der Waals surface area contributed by atoms with E-state index >= 15 is 0 Å². The van der Waals surface area contributed by atoms with Crippen LogP contribution in [-0.4, -0.2) is 37.5 Å². The van der Waals surface area contributed by atoms with Gasteiger partial charge in [0.2, 0.25) is 0 Å². The molecule has 0 radical (unpaired) electrons. The van der Waals surface area contributed by atoms with Crippen molar-refractivity contribution in [3.8, 4) is 11.3 Å². The maximum Gasteiger partial charge on any atom is 0.276 e. The van der Waals surface area contributed by atoms with Crippen LogP contribution in [0.1, 0.15) is 23.2 Å². The minimum Gasteiger partial charge on any atom is -0.355 e. The molecule has 0 atom stereocenters. The second-order valence-corrected chi connectivity index (χ2v) is 6.17. The average molecular weight is 375 g/mol. The van der Waals surface area contributed by atoms with Crippen LogP contribution in [0.2, 0.25) is 0 Å². The van der Waals surface area contributed by atoms with E-state index in [9.17, 15) is 9.59 Å². The Morgan fingerprint density at radius 1 is 1.21 bits per heavy atom. The number of carbonyl (C=O) groups excluding carboxylic acids is 1. The fourth-order valence-electron chi connectivity index (χ4n) is 2.90. The molecule has 4 rings (SSSR count). The summed E-state index contributed by atoms with van der Waals surface area (Å²) in [4.78, 5) is 37.8. The van der Waals surface area contributed by atoms with E-state index in [0.717, 1.165) is 5.56 Å². The zero-order chi connectivity index (χ0) is 19.5. The Morgan fingerprint density at radius 2 is 2.07 bits per heavy atom. The van der Waals surface area contributed by atoms with Crippen LogP contribution in [0.4, 0.5) is 0 Å². The van der Waals surface area contributed by atoms with Gasteiger partial charge in [0.1, 0.15) is 5.82 Å². The van der Waals surface area contributed by atoms with Crippen LogP contribution in [0, 0.1) is 0 Å². The third-order valence-corrected chi connectivity index (χ3v) is 4.35. The predicted molar refractivity (Wildman–Crippen MR) is 103 cm³/mol. The van der Waals surface area contributed by atoms with E-state index in [2.05, 4.69) is 20.1 Å². The SMILES string of the molecule is CCN(Cc1nc2ccccc2c(=O)[nH]1)C(=O)c1cc(-c2cccnc2)on1. The number of para-hydroxylation sites is 1. The fourth-order valence-corrected chi connectivity index (χ4v) is 2.90. The number of amides is 1. The molecule has 0 spiro atoms. The van der Waals surface area contributed by atoms with Crippen LogP contribution in [0.25, 0.3) is 22.2 Å². The summed E-state index contributed by atoms with van der Waals surface area (Å²) in [7, 11) is 0. The third kappa shape index (κ3) is 3.39. The molecule has 4 aromatic rings. The molecule has 1 amide bonds. The molecule has 1 N–H and O–H groups in total. The molecule has 8 heteroatoms. The van der Waals surface area contributed by atoms with Gasteiger partial charge in [0.25, 0.3) is 11.5 Å². The van der Waals surface area contributed by atoms with Crippen LogP contribution in [-0.2, 0) is 6.54 Å². The molecule has 8 nitrogen and oxygen atoms in total. The number of carbonyl (C=O) groups is 1. The summed E-state index contributed by atoms with van der Waals surface area (Å²) < 4.78 is 5.28. The van der Waals surface area contributed by atoms with Crippen molar-refractivity contribution < 1.29 is 9.32 Å². The van der Waals surface area contributed by atoms with Gasteiger partial charge < -0.3 is 14.4 Å². The quantitative estimate of drug-likeness (QED) is 0.575. The van der Waals surface area contributed by atoms with E-state index in [4.69, 9.17) is 4.52 Å². The minimum absolute atomic E-state index is 0.157. The highest BCUT2D eigenvalue weighted by atomic mass is 16.5. The van der Waals surface area contributed by atoms with Crippen molar-refractivity contribution in [1.82, 2.24) is 25.0 Å². The number of fused-ring (bicyclic) bond motifs is 1. The Hall–Kier alpha value is -3.81. The molecule has 140 valence electrons. The van der Waals surface area contributed by atoms with Crippen molar-refractivity contribution >= 4 is 16.8 Å². The Labute approximate surface area is 159 Å². The lowest BCUT2D eigenvalue weighted by atomic mass is 10.2. The molecule has 0 fully saturated rings. The van der Waals surface area contributed by atoms with Crippen molar-refractivity contribution in [1.29, 1.82) is 0 Å². The first-order chi connectivity index (χ1) is 13.7. The van der Waals surface area contributed by atoms with Gasteiger partial charge in [0, 0.05) is 30.6 Å². The van der Waals surface area contributed by atoms with E-state index in [1.165, 1.54) is 4.90 Å². The van der Waals surface area contributed by atoms with Gasteiger partial charge in [0.05, 0.1) is 17.4 Å². The highest BCUT2D eigenvalue weighted by Crippen LogP contribution is 2.20. The molecule has 28 heavy (non-hydrogen) atoms. The molecule has 0 saturated carbocycles. The second-order valence-electron chi connectivity index (χ2n) is 6.17. The summed E-state index contributed by atoms with van der Waals surface area (Å²) in [5.74, 6) is 0.566. The van der Waals surface area contributed by atoms with Crippen LogP contribution >= 0.6 is 0 Å². The molecule has 0 aliphatic rings. The van der Waals surface area contributed by atoms with E-state index < -0.39 is 0 Å². The molecule has 0 aliphatic carbocycles. The number of nitrogens with zero attached hydrogens (tertiary/aromatic N) is 4. The number of rotatable bonds is 5. The molecule has 1 aromatic carbocycles. The van der Waals surface area contributed by atoms with Crippen molar-refractivity contribution in [2.24, 2.45) is 0 Å². The van der Waals surface area contributed by atoms with Crippen LogP contribution in [0.5, 0.6) is 0 Å². The van der Waals surface area contributed by atoms with E-state index in [1.54, 1.807) is 42.7 Å². The predicted octanol–water partition coefficient (Wildman–Crippen LogP) is 2.64. The summed E-state index contributed by atoms with van der Waals surface area (Å²) >= 11 is 0. The number of aromatic amines is 1. The Kier molecular flexibility index (Phi) is 4.67. The fraction of sp³-hybridized carbons (Fsp3) is 0.150. The van der Waals surface area contributed by atoms with Crippen molar-refractivity contribution in [3.63, 3.8) is 0 Å². The summed E-state index contributed by atoms with van der Waals surface area (Å²) in [6.07, 6.45) is 3.29. The first-order valence-electron chi connectivity index (χ1n) is 8.80. The number of hydrogen-bond donors (Lipinski definition) is 1. The number of aromatic nitrogens is 4. The normalized spacial score (nSPS) is 10.9. The van der Waals surface area contributed by atoms with Crippen molar-refractivity contribution in [2.75, 3.05) is 6.54 Å². The summed E-state index contributed by atoms with van der Waals surface area (Å²) in [6, 6.07) is 12.3. The lowest BCUT2D eigenvalue weighted by molar-refractivity contribution is 0.0738. The lowest BCUT2D eigenvalue weighted by Crippen LogP contribution is -2.32. The molecule has 0 aliphatic heterocycles. The van der Waals surface area contributed by atoms with Gasteiger partial charge in [-0.15, -0.1) is 0 Å². The smallest absolute Gasteiger partial charge is 0.276 e. The molecule has 3 aromatic heterocycles. The third-order valence-electron chi connectivity index (χ3n) is 4.35. The van der Waals surface area contributed by atoms with Gasteiger partial charge in [-0.3, -0.25) is 14.6 Å². The molecule has 0 saturated heterocycles.